The van der Waals surface area contributed by atoms with E-state index in [1.165, 1.54) is 7.11 Å². The minimum absolute atomic E-state index is 0.114. The maximum Gasteiger partial charge on any atom is 0.338 e. The number of hydrogen-bond acceptors (Lipinski definition) is 5. The van der Waals surface area contributed by atoms with Crippen molar-refractivity contribution in [1.82, 2.24) is 9.78 Å². The minimum atomic E-state index is -0.494. The molecule has 0 aliphatic carbocycles. The van der Waals surface area contributed by atoms with Crippen molar-refractivity contribution in [2.24, 2.45) is 0 Å². The molecule has 0 saturated carbocycles. The average Bonchev–Trinajstić information content (AvgIpc) is 2.76. The summed E-state index contributed by atoms with van der Waals surface area (Å²) in [6, 6.07) is 5.14. The van der Waals surface area contributed by atoms with Gasteiger partial charge in [-0.3, -0.25) is 9.48 Å². The molecule has 0 bridgehead atoms. The monoisotopic (exact) mass is 248 g/mol. The van der Waals surface area contributed by atoms with Crippen molar-refractivity contribution in [3.8, 4) is 5.88 Å². The number of rotatable bonds is 4. The number of carbonyl (C=O) groups excluding carboxylic acids is 2. The van der Waals surface area contributed by atoms with Crippen LogP contribution >= 0.6 is 0 Å². The van der Waals surface area contributed by atoms with Gasteiger partial charge in [0, 0.05) is 6.54 Å². The summed E-state index contributed by atoms with van der Waals surface area (Å²) in [5.41, 5.74) is 1.05. The maximum atomic E-state index is 11.7. The fourth-order valence-corrected chi connectivity index (χ4v) is 1.84. The molecular weight excluding hydrogens is 236 g/mol. The van der Waals surface area contributed by atoms with Gasteiger partial charge in [0.15, 0.2) is 0 Å². The smallest absolute Gasteiger partial charge is 0.338 e. The standard InChI is InChI=1S/C12H12N2O4/c1-3-14-9-6-4-5-8(12(16)17-2)10(9)11(13-14)18-7-15/h4-7H,3H2,1-2H3. The Hall–Kier alpha value is -2.37. The van der Waals surface area contributed by atoms with Crippen LogP contribution in [-0.2, 0) is 16.1 Å². The van der Waals surface area contributed by atoms with Crippen LogP contribution in [0.25, 0.3) is 10.9 Å². The van der Waals surface area contributed by atoms with Gasteiger partial charge in [-0.25, -0.2) is 4.79 Å². The van der Waals surface area contributed by atoms with Crippen LogP contribution < -0.4 is 4.74 Å². The van der Waals surface area contributed by atoms with E-state index in [0.717, 1.165) is 5.52 Å². The first kappa shape index (κ1) is 12.1. The Morgan fingerprint density at radius 2 is 2.28 bits per heavy atom. The van der Waals surface area contributed by atoms with Crippen molar-refractivity contribution in [2.75, 3.05) is 7.11 Å². The van der Waals surface area contributed by atoms with Gasteiger partial charge < -0.3 is 9.47 Å². The number of carbonyl (C=O) groups is 2. The van der Waals surface area contributed by atoms with Crippen molar-refractivity contribution in [2.45, 2.75) is 13.5 Å². The van der Waals surface area contributed by atoms with Crippen molar-refractivity contribution in [3.05, 3.63) is 23.8 Å². The lowest BCUT2D eigenvalue weighted by molar-refractivity contribution is -0.120. The number of ether oxygens (including phenoxy) is 2. The molecule has 0 saturated heterocycles. The molecule has 94 valence electrons. The summed E-state index contributed by atoms with van der Waals surface area (Å²) < 4.78 is 11.2. The lowest BCUT2D eigenvalue weighted by Crippen LogP contribution is -2.02. The SMILES string of the molecule is CCn1nc(OC=O)c2c(C(=O)OC)cccc21. The highest BCUT2D eigenvalue weighted by Crippen LogP contribution is 2.28. The summed E-state index contributed by atoms with van der Waals surface area (Å²) in [5.74, 6) is -0.380. The van der Waals surface area contributed by atoms with E-state index in [9.17, 15) is 9.59 Å². The fourth-order valence-electron chi connectivity index (χ4n) is 1.84. The molecular formula is C12H12N2O4. The molecule has 6 heteroatoms. The lowest BCUT2D eigenvalue weighted by Gasteiger charge is -2.02. The maximum absolute atomic E-state index is 11.7. The summed E-state index contributed by atoms with van der Waals surface area (Å²) in [7, 11) is 1.30. The predicted molar refractivity (Wildman–Crippen MR) is 63.4 cm³/mol. The van der Waals surface area contributed by atoms with Gasteiger partial charge in [0.2, 0.25) is 5.88 Å². The molecule has 0 atom stereocenters. The first-order chi connectivity index (χ1) is 8.72. The molecule has 0 amide bonds. The highest BCUT2D eigenvalue weighted by atomic mass is 16.5. The lowest BCUT2D eigenvalue weighted by atomic mass is 10.1. The predicted octanol–water partition coefficient (Wildman–Crippen LogP) is 1.38. The number of fused-ring (bicyclic) bond motifs is 1. The molecule has 0 fully saturated rings. The number of hydrogen-bond donors (Lipinski definition) is 0. The summed E-state index contributed by atoms with van der Waals surface area (Å²) in [5, 5.41) is 4.61. The second-order valence-corrected chi connectivity index (χ2v) is 3.53. The van der Waals surface area contributed by atoms with E-state index in [1.807, 2.05) is 6.92 Å². The number of nitrogens with zero attached hydrogens (tertiary/aromatic N) is 2. The molecule has 0 unspecified atom stereocenters. The molecule has 1 heterocycles. The molecule has 18 heavy (non-hydrogen) atoms. The summed E-state index contributed by atoms with van der Waals surface area (Å²) in [6.45, 7) is 2.79. The van der Waals surface area contributed by atoms with Crippen molar-refractivity contribution >= 4 is 23.3 Å². The summed E-state index contributed by atoms with van der Waals surface area (Å²) in [4.78, 5) is 22.2. The van der Waals surface area contributed by atoms with Crippen LogP contribution in [-0.4, -0.2) is 29.3 Å². The van der Waals surface area contributed by atoms with Crippen LogP contribution in [0.3, 0.4) is 0 Å². The molecule has 1 aromatic carbocycles. The van der Waals surface area contributed by atoms with E-state index in [2.05, 4.69) is 5.10 Å². The van der Waals surface area contributed by atoms with Crippen LogP contribution in [0, 0.1) is 0 Å². The number of esters is 1. The highest BCUT2D eigenvalue weighted by molar-refractivity contribution is 6.06. The topological polar surface area (TPSA) is 70.4 Å². The molecule has 0 aliphatic heterocycles. The van der Waals surface area contributed by atoms with Crippen LogP contribution in [0.1, 0.15) is 17.3 Å². The number of benzene rings is 1. The van der Waals surface area contributed by atoms with E-state index >= 15 is 0 Å². The Kier molecular flexibility index (Phi) is 3.27. The second-order valence-electron chi connectivity index (χ2n) is 3.53. The normalized spacial score (nSPS) is 10.3. The van der Waals surface area contributed by atoms with Gasteiger partial charge in [-0.1, -0.05) is 6.07 Å². The molecule has 0 N–H and O–H groups in total. The van der Waals surface area contributed by atoms with Crippen LogP contribution in [0.4, 0.5) is 0 Å². The number of aryl methyl sites for hydroxylation is 1. The second kappa shape index (κ2) is 4.87. The Balaban J connectivity index is 2.75. The van der Waals surface area contributed by atoms with Crippen molar-refractivity contribution in [1.29, 1.82) is 0 Å². The first-order valence-electron chi connectivity index (χ1n) is 5.41. The molecule has 2 aromatic rings. The van der Waals surface area contributed by atoms with Crippen LogP contribution in [0.15, 0.2) is 18.2 Å². The van der Waals surface area contributed by atoms with E-state index in [4.69, 9.17) is 9.47 Å². The van der Waals surface area contributed by atoms with E-state index < -0.39 is 5.97 Å². The first-order valence-corrected chi connectivity index (χ1v) is 5.41. The van der Waals surface area contributed by atoms with Crippen LogP contribution in [0.2, 0.25) is 0 Å². The highest BCUT2D eigenvalue weighted by Gasteiger charge is 2.19. The third-order valence-corrected chi connectivity index (χ3v) is 2.61. The number of aromatic nitrogens is 2. The van der Waals surface area contributed by atoms with E-state index in [1.54, 1.807) is 22.9 Å². The summed E-state index contributed by atoms with van der Waals surface area (Å²) >= 11 is 0. The van der Waals surface area contributed by atoms with Gasteiger partial charge in [0.1, 0.15) is 0 Å². The van der Waals surface area contributed by atoms with Gasteiger partial charge in [0.05, 0.1) is 23.6 Å². The van der Waals surface area contributed by atoms with Crippen molar-refractivity contribution < 1.29 is 19.1 Å². The minimum Gasteiger partial charge on any atom is -0.465 e. The zero-order chi connectivity index (χ0) is 13.1. The van der Waals surface area contributed by atoms with Gasteiger partial charge in [0.25, 0.3) is 6.47 Å². The van der Waals surface area contributed by atoms with Gasteiger partial charge in [-0.15, -0.1) is 5.10 Å². The Morgan fingerprint density at radius 1 is 1.50 bits per heavy atom. The van der Waals surface area contributed by atoms with Gasteiger partial charge in [-0.05, 0) is 19.1 Å². The van der Waals surface area contributed by atoms with E-state index in [-0.39, 0.29) is 12.4 Å². The molecule has 2 rings (SSSR count). The fraction of sp³-hybridized carbons (Fsp3) is 0.250. The Labute approximate surface area is 103 Å². The Bertz CT molecular complexity index is 603. The molecule has 1 aromatic heterocycles. The molecule has 0 radical (unpaired) electrons. The van der Waals surface area contributed by atoms with Gasteiger partial charge >= 0.3 is 5.97 Å². The third-order valence-electron chi connectivity index (χ3n) is 2.61. The molecule has 0 spiro atoms. The van der Waals surface area contributed by atoms with Crippen LogP contribution in [0.5, 0.6) is 5.88 Å². The molecule has 0 aliphatic rings. The summed E-state index contributed by atoms with van der Waals surface area (Å²) in [6.07, 6.45) is 0. The average molecular weight is 248 g/mol. The van der Waals surface area contributed by atoms with Crippen molar-refractivity contribution in [3.63, 3.8) is 0 Å². The quantitative estimate of drug-likeness (QED) is 0.603. The zero-order valence-electron chi connectivity index (χ0n) is 10.0. The van der Waals surface area contributed by atoms with E-state index in [0.29, 0.717) is 17.5 Å². The number of methoxy groups -OCH3 is 1. The largest absolute Gasteiger partial charge is 0.465 e. The third kappa shape index (κ3) is 1.81. The van der Waals surface area contributed by atoms with Gasteiger partial charge in [-0.2, -0.15) is 0 Å². The molecule has 6 nitrogen and oxygen atoms in total. The Morgan fingerprint density at radius 3 is 2.89 bits per heavy atom. The zero-order valence-corrected chi connectivity index (χ0v) is 10.0.